The molecule has 0 radical (unpaired) electrons. The second-order valence-corrected chi connectivity index (χ2v) is 9.78. The maximum Gasteiger partial charge on any atom is 0.243 e. The molecule has 0 amide bonds. The van der Waals surface area contributed by atoms with Gasteiger partial charge in [-0.2, -0.15) is 8.82 Å². The molecular formula is C22H23N5O3S. The van der Waals surface area contributed by atoms with Gasteiger partial charge in [0, 0.05) is 30.6 Å². The smallest absolute Gasteiger partial charge is 0.243 e. The van der Waals surface area contributed by atoms with E-state index >= 15 is 0 Å². The third-order valence-electron chi connectivity index (χ3n) is 5.73. The molecule has 0 aliphatic carbocycles. The van der Waals surface area contributed by atoms with Crippen molar-refractivity contribution in [2.24, 2.45) is 0 Å². The fourth-order valence-corrected chi connectivity index (χ4v) is 5.66. The van der Waals surface area contributed by atoms with Gasteiger partial charge in [-0.05, 0) is 54.0 Å². The Hall–Kier alpha value is -2.88. The average Bonchev–Trinajstić information content (AvgIpc) is 3.46. The molecule has 1 atom stereocenters. The van der Waals surface area contributed by atoms with Gasteiger partial charge >= 0.3 is 0 Å². The molecule has 9 heteroatoms. The van der Waals surface area contributed by atoms with Gasteiger partial charge < -0.3 is 4.74 Å². The van der Waals surface area contributed by atoms with Crippen LogP contribution in [-0.2, 0) is 21.3 Å². The number of tetrazole rings is 1. The highest BCUT2D eigenvalue weighted by atomic mass is 32.2. The van der Waals surface area contributed by atoms with Gasteiger partial charge in [0.25, 0.3) is 0 Å². The quantitative estimate of drug-likeness (QED) is 0.461. The van der Waals surface area contributed by atoms with Gasteiger partial charge in [0.1, 0.15) is 0 Å². The number of hydrogen-bond acceptors (Lipinski definition) is 6. The molecule has 1 aliphatic heterocycles. The Morgan fingerprint density at radius 1 is 1.16 bits per heavy atom. The second-order valence-electron chi connectivity index (χ2n) is 7.84. The minimum absolute atomic E-state index is 0.117. The summed E-state index contributed by atoms with van der Waals surface area (Å²) in [6, 6.07) is 16.5. The number of benzene rings is 2. The number of ether oxygens (including phenoxy) is 1. The molecule has 31 heavy (non-hydrogen) atoms. The van der Waals surface area contributed by atoms with Crippen molar-refractivity contribution >= 4 is 26.6 Å². The molecule has 2 aromatic carbocycles. The molecule has 5 rings (SSSR count). The largest absolute Gasteiger partial charge is 0.377 e. The Morgan fingerprint density at radius 2 is 2.00 bits per heavy atom. The van der Waals surface area contributed by atoms with Crippen molar-refractivity contribution in [2.75, 3.05) is 13.2 Å². The molecule has 2 aromatic heterocycles. The van der Waals surface area contributed by atoms with E-state index in [0.29, 0.717) is 12.3 Å². The van der Waals surface area contributed by atoms with Crippen LogP contribution in [-0.4, -0.2) is 52.0 Å². The number of nitrogens with zero attached hydrogens (tertiary/aromatic N) is 5. The highest BCUT2D eigenvalue weighted by Crippen LogP contribution is 2.26. The molecule has 0 unspecified atom stereocenters. The maximum atomic E-state index is 13.5. The SMILES string of the molecule is Cc1cccc2cc(CN(C[C@@H]3CCCO3)S(=O)(=O)c3ccccc3)c3nnnn3c12. The maximum absolute atomic E-state index is 13.5. The molecule has 0 saturated carbocycles. The lowest BCUT2D eigenvalue weighted by Gasteiger charge is -2.25. The number of para-hydroxylation sites is 1. The third kappa shape index (κ3) is 3.69. The Balaban J connectivity index is 1.60. The summed E-state index contributed by atoms with van der Waals surface area (Å²) in [4.78, 5) is 0.264. The second kappa shape index (κ2) is 7.99. The van der Waals surface area contributed by atoms with E-state index in [9.17, 15) is 8.42 Å². The lowest BCUT2D eigenvalue weighted by Crippen LogP contribution is -2.37. The van der Waals surface area contributed by atoms with Crippen molar-refractivity contribution in [3.05, 3.63) is 65.7 Å². The van der Waals surface area contributed by atoms with Crippen molar-refractivity contribution in [3.63, 3.8) is 0 Å². The molecule has 1 aliphatic rings. The van der Waals surface area contributed by atoms with Crippen LogP contribution in [0.2, 0.25) is 0 Å². The molecule has 3 heterocycles. The number of fused-ring (bicyclic) bond motifs is 3. The highest BCUT2D eigenvalue weighted by Gasteiger charge is 2.30. The number of aromatic nitrogens is 4. The van der Waals surface area contributed by atoms with Crippen LogP contribution in [0.15, 0.2) is 59.5 Å². The minimum Gasteiger partial charge on any atom is -0.377 e. The van der Waals surface area contributed by atoms with Crippen LogP contribution in [0.1, 0.15) is 24.0 Å². The highest BCUT2D eigenvalue weighted by molar-refractivity contribution is 7.89. The van der Waals surface area contributed by atoms with Gasteiger partial charge in [0.05, 0.1) is 16.5 Å². The fourth-order valence-electron chi connectivity index (χ4n) is 4.19. The van der Waals surface area contributed by atoms with Crippen LogP contribution in [0, 0.1) is 6.92 Å². The van der Waals surface area contributed by atoms with Gasteiger partial charge in [-0.1, -0.05) is 36.4 Å². The van der Waals surface area contributed by atoms with Crippen LogP contribution in [0.5, 0.6) is 0 Å². The van der Waals surface area contributed by atoms with E-state index < -0.39 is 10.0 Å². The third-order valence-corrected chi connectivity index (χ3v) is 7.55. The first-order valence-electron chi connectivity index (χ1n) is 10.3. The number of hydrogen-bond donors (Lipinski definition) is 0. The number of pyridine rings is 1. The summed E-state index contributed by atoms with van der Waals surface area (Å²) in [5, 5.41) is 13.2. The molecule has 1 fully saturated rings. The zero-order valence-corrected chi connectivity index (χ0v) is 18.0. The Labute approximate surface area is 180 Å². The molecular weight excluding hydrogens is 414 g/mol. The number of sulfonamides is 1. The van der Waals surface area contributed by atoms with Crippen LogP contribution in [0.25, 0.3) is 16.6 Å². The summed E-state index contributed by atoms with van der Waals surface area (Å²) in [5.41, 5.74) is 3.28. The topological polar surface area (TPSA) is 89.7 Å². The predicted octanol–water partition coefficient (Wildman–Crippen LogP) is 2.96. The Morgan fingerprint density at radius 3 is 2.77 bits per heavy atom. The molecule has 0 bridgehead atoms. The van der Waals surface area contributed by atoms with E-state index in [2.05, 4.69) is 15.5 Å². The first-order chi connectivity index (χ1) is 15.0. The first kappa shape index (κ1) is 20.0. The average molecular weight is 438 g/mol. The van der Waals surface area contributed by atoms with E-state index in [0.717, 1.165) is 34.9 Å². The molecule has 8 nitrogen and oxygen atoms in total. The van der Waals surface area contributed by atoms with E-state index in [1.165, 1.54) is 4.31 Å². The van der Waals surface area contributed by atoms with Crippen LogP contribution >= 0.6 is 0 Å². The van der Waals surface area contributed by atoms with Crippen molar-refractivity contribution < 1.29 is 13.2 Å². The Kier molecular flexibility index (Phi) is 5.17. The summed E-state index contributed by atoms with van der Waals surface area (Å²) in [6.07, 6.45) is 1.67. The van der Waals surface area contributed by atoms with E-state index in [-0.39, 0.29) is 24.1 Å². The van der Waals surface area contributed by atoms with Gasteiger partial charge in [0.2, 0.25) is 10.0 Å². The van der Waals surface area contributed by atoms with E-state index in [4.69, 9.17) is 4.74 Å². The van der Waals surface area contributed by atoms with Gasteiger partial charge in [-0.25, -0.2) is 8.42 Å². The van der Waals surface area contributed by atoms with Crippen LogP contribution < -0.4 is 0 Å². The standard InChI is InChI=1S/C22H23N5O3S/c1-16-7-5-8-17-13-18(22-23-24-25-27(22)21(16)17)14-26(15-19-9-6-12-30-19)31(28,29)20-10-3-2-4-11-20/h2-5,7-8,10-11,13,19H,6,9,12,14-15H2,1H3/t19-/m0/s1. The monoisotopic (exact) mass is 437 g/mol. The summed E-state index contributed by atoms with van der Waals surface area (Å²) >= 11 is 0. The lowest BCUT2D eigenvalue weighted by molar-refractivity contribution is 0.0926. The van der Waals surface area contributed by atoms with E-state index in [1.807, 2.05) is 31.2 Å². The lowest BCUT2D eigenvalue weighted by atomic mass is 10.1. The number of aryl methyl sites for hydroxylation is 1. The minimum atomic E-state index is -3.72. The van der Waals surface area contributed by atoms with Crippen molar-refractivity contribution in [3.8, 4) is 0 Å². The van der Waals surface area contributed by atoms with Crippen LogP contribution in [0.4, 0.5) is 0 Å². The normalized spacial score (nSPS) is 17.2. The van der Waals surface area contributed by atoms with E-state index in [1.54, 1.807) is 34.8 Å². The number of rotatable bonds is 6. The summed E-state index contributed by atoms with van der Waals surface area (Å²) in [5.74, 6) is 0. The fraction of sp³-hybridized carbons (Fsp3) is 0.318. The van der Waals surface area contributed by atoms with Crippen molar-refractivity contribution in [2.45, 2.75) is 37.3 Å². The molecule has 4 aromatic rings. The Bertz CT molecular complexity index is 1330. The zero-order chi connectivity index (χ0) is 21.4. The molecule has 1 saturated heterocycles. The predicted molar refractivity (Wildman–Crippen MR) is 116 cm³/mol. The summed E-state index contributed by atoms with van der Waals surface area (Å²) in [7, 11) is -3.72. The van der Waals surface area contributed by atoms with Crippen molar-refractivity contribution in [1.82, 2.24) is 24.3 Å². The van der Waals surface area contributed by atoms with Crippen LogP contribution in [0.3, 0.4) is 0 Å². The van der Waals surface area contributed by atoms with Crippen molar-refractivity contribution in [1.29, 1.82) is 0 Å². The summed E-state index contributed by atoms with van der Waals surface area (Å²) in [6.45, 7) is 3.12. The molecule has 0 N–H and O–H groups in total. The van der Waals surface area contributed by atoms with Gasteiger partial charge in [0.15, 0.2) is 5.65 Å². The summed E-state index contributed by atoms with van der Waals surface area (Å²) < 4.78 is 36.0. The van der Waals surface area contributed by atoms with Gasteiger partial charge in [-0.15, -0.1) is 5.10 Å². The first-order valence-corrected chi connectivity index (χ1v) is 11.7. The van der Waals surface area contributed by atoms with Gasteiger partial charge in [-0.3, -0.25) is 0 Å². The molecule has 0 spiro atoms. The molecule has 160 valence electrons. The zero-order valence-electron chi connectivity index (χ0n) is 17.2.